The molecule has 2 aromatic carbocycles. The molecule has 1 aromatic heterocycles. The molecule has 0 radical (unpaired) electrons. The van der Waals surface area contributed by atoms with Gasteiger partial charge < -0.3 is 10.4 Å². The molecule has 0 spiro atoms. The Bertz CT molecular complexity index is 1360. The van der Waals surface area contributed by atoms with Gasteiger partial charge in [0.05, 0.1) is 34.8 Å². The van der Waals surface area contributed by atoms with Gasteiger partial charge >= 0.3 is 6.18 Å². The lowest BCUT2D eigenvalue weighted by Crippen LogP contribution is -2.40. The van der Waals surface area contributed by atoms with Gasteiger partial charge in [0, 0.05) is 23.5 Å². The van der Waals surface area contributed by atoms with E-state index in [0.29, 0.717) is 28.2 Å². The van der Waals surface area contributed by atoms with Crippen molar-refractivity contribution in [1.29, 1.82) is 0 Å². The van der Waals surface area contributed by atoms with Crippen LogP contribution in [0.25, 0.3) is 16.5 Å². The van der Waals surface area contributed by atoms with E-state index in [4.69, 9.17) is 11.6 Å². The highest BCUT2D eigenvalue weighted by Crippen LogP contribution is 2.41. The standard InChI is InChI=1S/C24H21ClF4N4O3S/c25-16-3-1-14(19(9-16)24(27,28)29)8-18(13-2-4-20-15(7-13)10-31-32-20)21-22(35)33(23(36)37-21)12-17(34)11-30-6-5-26/h1-4,7,9-10,17,30,34H,5-6,8,11-12H2,(H,31,32)/t17-/m1/s1. The van der Waals surface area contributed by atoms with Crippen LogP contribution in [-0.4, -0.2) is 63.8 Å². The van der Waals surface area contributed by atoms with Gasteiger partial charge in [0.15, 0.2) is 0 Å². The van der Waals surface area contributed by atoms with Crippen LogP contribution >= 0.6 is 23.4 Å². The number of benzene rings is 2. The van der Waals surface area contributed by atoms with E-state index in [9.17, 15) is 32.3 Å². The number of rotatable bonds is 9. The molecule has 196 valence electrons. The number of amides is 2. The number of imide groups is 1. The van der Waals surface area contributed by atoms with Crippen LogP contribution in [0.15, 0.2) is 47.5 Å². The topological polar surface area (TPSA) is 98.3 Å². The lowest BCUT2D eigenvalue weighted by Gasteiger charge is -2.18. The third kappa shape index (κ3) is 6.15. The number of hydrogen-bond donors (Lipinski definition) is 3. The Labute approximate surface area is 217 Å². The molecule has 0 bridgehead atoms. The van der Waals surface area contributed by atoms with Gasteiger partial charge in [-0.15, -0.1) is 0 Å². The predicted molar refractivity (Wildman–Crippen MR) is 133 cm³/mol. The molecule has 2 heterocycles. The molecule has 0 saturated carbocycles. The zero-order valence-corrected chi connectivity index (χ0v) is 20.7. The van der Waals surface area contributed by atoms with Crippen molar-refractivity contribution in [2.45, 2.75) is 18.7 Å². The fourth-order valence-electron chi connectivity index (χ4n) is 3.95. The number of aliphatic hydroxyl groups excluding tert-OH is 1. The number of thioether (sulfide) groups is 1. The van der Waals surface area contributed by atoms with Gasteiger partial charge in [-0.25, -0.2) is 4.39 Å². The molecule has 37 heavy (non-hydrogen) atoms. The molecule has 0 aliphatic carbocycles. The summed E-state index contributed by atoms with van der Waals surface area (Å²) >= 11 is 6.42. The van der Waals surface area contributed by atoms with Gasteiger partial charge in [-0.3, -0.25) is 19.6 Å². The van der Waals surface area contributed by atoms with Crippen LogP contribution in [0.3, 0.4) is 0 Å². The first-order valence-electron chi connectivity index (χ1n) is 11.1. The number of aromatic amines is 1. The number of fused-ring (bicyclic) bond motifs is 1. The number of allylic oxidation sites excluding steroid dienone is 1. The van der Waals surface area contributed by atoms with E-state index in [-0.39, 0.29) is 47.1 Å². The maximum absolute atomic E-state index is 13.8. The van der Waals surface area contributed by atoms with Crippen molar-refractivity contribution < 1.29 is 32.3 Å². The quantitative estimate of drug-likeness (QED) is 0.199. The number of aromatic nitrogens is 2. The fourth-order valence-corrected chi connectivity index (χ4v) is 5.08. The van der Waals surface area contributed by atoms with Crippen LogP contribution in [0.1, 0.15) is 16.7 Å². The zero-order chi connectivity index (χ0) is 26.7. The number of aliphatic hydroxyl groups is 1. The van der Waals surface area contributed by atoms with Crippen molar-refractivity contribution >= 4 is 51.0 Å². The van der Waals surface area contributed by atoms with Gasteiger partial charge in [0.1, 0.15) is 6.67 Å². The van der Waals surface area contributed by atoms with Gasteiger partial charge in [-0.05, 0) is 59.1 Å². The van der Waals surface area contributed by atoms with Gasteiger partial charge in [0.2, 0.25) is 0 Å². The largest absolute Gasteiger partial charge is 0.416 e. The van der Waals surface area contributed by atoms with E-state index >= 15 is 0 Å². The van der Waals surface area contributed by atoms with Crippen molar-refractivity contribution in [2.24, 2.45) is 0 Å². The number of alkyl halides is 4. The lowest BCUT2D eigenvalue weighted by molar-refractivity contribution is -0.138. The second-order valence-electron chi connectivity index (χ2n) is 8.29. The monoisotopic (exact) mass is 556 g/mol. The zero-order valence-electron chi connectivity index (χ0n) is 19.1. The predicted octanol–water partition coefficient (Wildman–Crippen LogP) is 4.80. The minimum atomic E-state index is -4.70. The summed E-state index contributed by atoms with van der Waals surface area (Å²) in [7, 11) is 0. The van der Waals surface area contributed by atoms with Crippen LogP contribution in [0.5, 0.6) is 0 Å². The van der Waals surface area contributed by atoms with Crippen LogP contribution in [0, 0.1) is 0 Å². The van der Waals surface area contributed by atoms with Crippen LogP contribution in [0.4, 0.5) is 22.4 Å². The molecule has 1 aliphatic rings. The smallest absolute Gasteiger partial charge is 0.390 e. The number of carbonyl (C=O) groups is 2. The molecule has 7 nitrogen and oxygen atoms in total. The van der Waals surface area contributed by atoms with Crippen molar-refractivity contribution in [2.75, 3.05) is 26.3 Å². The number of halogens is 5. The van der Waals surface area contributed by atoms with Crippen molar-refractivity contribution in [1.82, 2.24) is 20.4 Å². The Morgan fingerprint density at radius 3 is 2.73 bits per heavy atom. The normalized spacial score (nSPS) is 16.6. The molecule has 1 fully saturated rings. The lowest BCUT2D eigenvalue weighted by atomic mass is 9.93. The number of H-pyrrole nitrogens is 1. The fraction of sp³-hybridized carbons (Fsp3) is 0.292. The Hall–Kier alpha value is -2.93. The summed E-state index contributed by atoms with van der Waals surface area (Å²) in [5.41, 5.74) is 0.263. The van der Waals surface area contributed by atoms with Crippen molar-refractivity contribution in [3.63, 3.8) is 0 Å². The number of nitrogens with zero attached hydrogens (tertiary/aromatic N) is 2. The summed E-state index contributed by atoms with van der Waals surface area (Å²) in [6.07, 6.45) is -4.63. The van der Waals surface area contributed by atoms with Crippen LogP contribution in [0.2, 0.25) is 5.02 Å². The first-order chi connectivity index (χ1) is 17.6. The SMILES string of the molecule is O=C1SC(=C(Cc2ccc(Cl)cc2C(F)(F)F)c2ccc3[nH]ncc3c2)C(=O)N1C[C@H](O)CNCCF. The molecule has 13 heteroatoms. The first kappa shape index (κ1) is 27.1. The number of carbonyl (C=O) groups excluding carboxylic acids is 2. The number of β-amino-alcohol motifs (C(OH)–C–C–N with tert-alkyl or cyclic N) is 1. The molecule has 2 amide bonds. The molecule has 1 saturated heterocycles. The molecule has 4 rings (SSSR count). The van der Waals surface area contributed by atoms with Crippen molar-refractivity contribution in [3.05, 3.63) is 69.2 Å². The van der Waals surface area contributed by atoms with Crippen LogP contribution < -0.4 is 5.32 Å². The minimum Gasteiger partial charge on any atom is -0.390 e. The second kappa shape index (κ2) is 11.2. The highest BCUT2D eigenvalue weighted by atomic mass is 35.5. The van der Waals surface area contributed by atoms with E-state index in [1.165, 1.54) is 18.3 Å². The highest BCUT2D eigenvalue weighted by molar-refractivity contribution is 8.18. The Kier molecular flexibility index (Phi) is 8.22. The van der Waals surface area contributed by atoms with Gasteiger partial charge in [-0.2, -0.15) is 18.3 Å². The average molecular weight is 557 g/mol. The Balaban J connectivity index is 1.76. The molecule has 3 N–H and O–H groups in total. The first-order valence-corrected chi connectivity index (χ1v) is 12.3. The number of nitrogens with one attached hydrogen (secondary N) is 2. The molecular formula is C24H21ClF4N4O3S. The summed E-state index contributed by atoms with van der Waals surface area (Å²) in [4.78, 5) is 26.8. The Morgan fingerprint density at radius 2 is 2.00 bits per heavy atom. The van der Waals surface area contributed by atoms with E-state index in [2.05, 4.69) is 15.5 Å². The maximum atomic E-state index is 13.8. The molecule has 1 atom stereocenters. The van der Waals surface area contributed by atoms with E-state index in [0.717, 1.165) is 11.0 Å². The summed E-state index contributed by atoms with van der Waals surface area (Å²) < 4.78 is 53.8. The van der Waals surface area contributed by atoms with E-state index < -0.39 is 35.7 Å². The molecule has 1 aliphatic heterocycles. The summed E-state index contributed by atoms with van der Waals surface area (Å²) in [5, 5.41) is 19.5. The van der Waals surface area contributed by atoms with Crippen LogP contribution in [-0.2, 0) is 17.4 Å². The number of hydrogen-bond acceptors (Lipinski definition) is 6. The highest BCUT2D eigenvalue weighted by Gasteiger charge is 2.39. The third-order valence-electron chi connectivity index (χ3n) is 5.70. The van der Waals surface area contributed by atoms with Crippen molar-refractivity contribution in [3.8, 4) is 0 Å². The van der Waals surface area contributed by atoms with Gasteiger partial charge in [-0.1, -0.05) is 23.7 Å². The Morgan fingerprint density at radius 1 is 1.22 bits per heavy atom. The minimum absolute atomic E-state index is 0.00211. The summed E-state index contributed by atoms with van der Waals surface area (Å²) in [5.74, 6) is -0.732. The van der Waals surface area contributed by atoms with Gasteiger partial charge in [0.25, 0.3) is 11.1 Å². The average Bonchev–Trinajstić information content (AvgIpc) is 3.42. The molecular weight excluding hydrogens is 536 g/mol. The third-order valence-corrected chi connectivity index (χ3v) is 6.96. The van der Waals surface area contributed by atoms with E-state index in [1.807, 2.05) is 0 Å². The molecule has 3 aromatic rings. The van der Waals surface area contributed by atoms with E-state index in [1.54, 1.807) is 18.2 Å². The summed E-state index contributed by atoms with van der Waals surface area (Å²) in [6.45, 7) is -1.04. The second-order valence-corrected chi connectivity index (χ2v) is 9.68. The molecule has 0 unspecified atom stereocenters. The maximum Gasteiger partial charge on any atom is 0.416 e. The summed E-state index contributed by atoms with van der Waals surface area (Å²) in [6, 6.07) is 8.36.